The molecule has 0 aliphatic carbocycles. The summed E-state index contributed by atoms with van der Waals surface area (Å²) in [7, 11) is 0. The van der Waals surface area contributed by atoms with Crippen LogP contribution in [0.15, 0.2) is 21.4 Å². The van der Waals surface area contributed by atoms with Crippen LogP contribution in [0.1, 0.15) is 18.9 Å². The number of hydrogen-bond donors (Lipinski definition) is 0. The maximum absolute atomic E-state index is 12.9. The maximum atomic E-state index is 12.9. The van der Waals surface area contributed by atoms with Crippen molar-refractivity contribution in [3.05, 3.63) is 32.5 Å². The third-order valence-corrected chi connectivity index (χ3v) is 4.56. The normalized spacial score (nSPS) is 16.0. The van der Waals surface area contributed by atoms with Crippen molar-refractivity contribution in [1.82, 2.24) is 9.55 Å². The summed E-state index contributed by atoms with van der Waals surface area (Å²) in [5.41, 5.74) is 1.81. The number of anilines is 1. The summed E-state index contributed by atoms with van der Waals surface area (Å²) in [5.74, 6) is 0.745. The Balaban J connectivity index is 2.23. The monoisotopic (exact) mass is 365 g/mol. The van der Waals surface area contributed by atoms with Crippen LogP contribution in [-0.2, 0) is 11.3 Å². The van der Waals surface area contributed by atoms with Crippen LogP contribution in [0.3, 0.4) is 0 Å². The zero-order chi connectivity index (χ0) is 15.7. The second kappa shape index (κ2) is 6.38. The quantitative estimate of drug-likeness (QED) is 0.820. The Hall–Kier alpha value is -1.40. The highest BCUT2D eigenvalue weighted by molar-refractivity contribution is 9.10. The Kier molecular flexibility index (Phi) is 4.49. The van der Waals surface area contributed by atoms with E-state index in [1.165, 1.54) is 0 Å². The molecule has 1 aliphatic rings. The van der Waals surface area contributed by atoms with Gasteiger partial charge in [0.1, 0.15) is 0 Å². The van der Waals surface area contributed by atoms with Crippen LogP contribution in [0.25, 0.3) is 10.9 Å². The van der Waals surface area contributed by atoms with E-state index in [9.17, 15) is 4.79 Å². The predicted octanol–water partition coefficient (Wildman–Crippen LogP) is 2.71. The fourth-order valence-corrected chi connectivity index (χ4v) is 3.54. The lowest BCUT2D eigenvalue weighted by Crippen LogP contribution is -2.34. The van der Waals surface area contributed by atoms with Gasteiger partial charge in [0.2, 0.25) is 5.95 Å². The van der Waals surface area contributed by atoms with Crippen LogP contribution < -0.4 is 10.5 Å². The van der Waals surface area contributed by atoms with Gasteiger partial charge >= 0.3 is 0 Å². The SMILES string of the molecule is CCn1c(N2CCCOCC2)nc2c(Br)cc(C)cc2c1=O. The highest BCUT2D eigenvalue weighted by Crippen LogP contribution is 2.24. The Labute approximate surface area is 138 Å². The first-order valence-corrected chi connectivity index (χ1v) is 8.44. The second-order valence-electron chi connectivity index (χ2n) is 5.56. The number of nitrogens with zero attached hydrogens (tertiary/aromatic N) is 3. The molecular formula is C16H20BrN3O2. The minimum Gasteiger partial charge on any atom is -0.380 e. The van der Waals surface area contributed by atoms with Crippen molar-refractivity contribution in [2.45, 2.75) is 26.8 Å². The molecule has 3 rings (SSSR count). The number of hydrogen-bond acceptors (Lipinski definition) is 4. The van der Waals surface area contributed by atoms with Gasteiger partial charge in [-0.2, -0.15) is 0 Å². The fourth-order valence-electron chi connectivity index (χ4n) is 2.88. The summed E-state index contributed by atoms with van der Waals surface area (Å²) in [6, 6.07) is 3.91. The van der Waals surface area contributed by atoms with Gasteiger partial charge in [-0.3, -0.25) is 9.36 Å². The number of aromatic nitrogens is 2. The van der Waals surface area contributed by atoms with E-state index in [0.717, 1.165) is 47.6 Å². The van der Waals surface area contributed by atoms with Crippen molar-refractivity contribution >= 4 is 32.8 Å². The smallest absolute Gasteiger partial charge is 0.262 e. The Morgan fingerprint density at radius 2 is 2.14 bits per heavy atom. The fraction of sp³-hybridized carbons (Fsp3) is 0.500. The molecule has 5 nitrogen and oxygen atoms in total. The summed E-state index contributed by atoms with van der Waals surface area (Å²) in [5, 5.41) is 0.670. The third-order valence-electron chi connectivity index (χ3n) is 3.96. The first kappa shape index (κ1) is 15.5. The number of halogens is 1. The van der Waals surface area contributed by atoms with Crippen molar-refractivity contribution in [3.63, 3.8) is 0 Å². The second-order valence-corrected chi connectivity index (χ2v) is 6.41. The van der Waals surface area contributed by atoms with Crippen LogP contribution >= 0.6 is 15.9 Å². The molecular weight excluding hydrogens is 346 g/mol. The van der Waals surface area contributed by atoms with Gasteiger partial charge in [0.05, 0.1) is 17.5 Å². The minimum absolute atomic E-state index is 0.0251. The van der Waals surface area contributed by atoms with Gasteiger partial charge in [-0.1, -0.05) is 0 Å². The lowest BCUT2D eigenvalue weighted by molar-refractivity contribution is 0.152. The average molecular weight is 366 g/mol. The van der Waals surface area contributed by atoms with Crippen molar-refractivity contribution in [3.8, 4) is 0 Å². The van der Waals surface area contributed by atoms with E-state index in [4.69, 9.17) is 9.72 Å². The maximum Gasteiger partial charge on any atom is 0.262 e. The number of rotatable bonds is 2. The Morgan fingerprint density at radius 3 is 2.91 bits per heavy atom. The summed E-state index contributed by atoms with van der Waals surface area (Å²) in [6.07, 6.45) is 0.951. The van der Waals surface area contributed by atoms with E-state index in [-0.39, 0.29) is 5.56 Å². The molecule has 0 atom stereocenters. The summed E-state index contributed by atoms with van der Waals surface area (Å²) >= 11 is 3.55. The molecule has 1 aliphatic heterocycles. The van der Waals surface area contributed by atoms with Gasteiger partial charge in [-0.05, 0) is 53.9 Å². The van der Waals surface area contributed by atoms with Crippen LogP contribution in [0.2, 0.25) is 0 Å². The topological polar surface area (TPSA) is 47.4 Å². The molecule has 0 unspecified atom stereocenters. The molecule has 0 spiro atoms. The minimum atomic E-state index is 0.0251. The molecule has 1 aromatic carbocycles. The number of ether oxygens (including phenoxy) is 1. The van der Waals surface area contributed by atoms with Crippen LogP contribution in [0, 0.1) is 6.92 Å². The molecule has 0 saturated carbocycles. The highest BCUT2D eigenvalue weighted by Gasteiger charge is 2.19. The van der Waals surface area contributed by atoms with Crippen LogP contribution in [-0.4, -0.2) is 35.9 Å². The molecule has 22 heavy (non-hydrogen) atoms. The van der Waals surface area contributed by atoms with Gasteiger partial charge in [0, 0.05) is 30.7 Å². The predicted molar refractivity (Wildman–Crippen MR) is 91.8 cm³/mol. The van der Waals surface area contributed by atoms with E-state index in [1.54, 1.807) is 4.57 Å². The molecule has 0 bridgehead atoms. The van der Waals surface area contributed by atoms with E-state index in [2.05, 4.69) is 20.8 Å². The highest BCUT2D eigenvalue weighted by atomic mass is 79.9. The molecule has 0 amide bonds. The molecule has 118 valence electrons. The number of fused-ring (bicyclic) bond motifs is 1. The van der Waals surface area contributed by atoms with Gasteiger partial charge in [-0.25, -0.2) is 4.98 Å². The molecule has 6 heteroatoms. The first-order valence-electron chi connectivity index (χ1n) is 7.65. The van der Waals surface area contributed by atoms with E-state index >= 15 is 0 Å². The largest absolute Gasteiger partial charge is 0.380 e. The van der Waals surface area contributed by atoms with Crippen LogP contribution in [0.4, 0.5) is 5.95 Å². The lowest BCUT2D eigenvalue weighted by Gasteiger charge is -2.24. The van der Waals surface area contributed by atoms with Gasteiger partial charge in [0.15, 0.2) is 0 Å². The van der Waals surface area contributed by atoms with Crippen molar-refractivity contribution in [2.75, 3.05) is 31.2 Å². The zero-order valence-electron chi connectivity index (χ0n) is 12.9. The summed E-state index contributed by atoms with van der Waals surface area (Å²) < 4.78 is 8.14. The van der Waals surface area contributed by atoms with Crippen molar-refractivity contribution < 1.29 is 4.74 Å². The standard InChI is InChI=1S/C16H20BrN3O2/c1-3-20-15(21)12-9-11(2)10-13(17)14(12)18-16(20)19-5-4-7-22-8-6-19/h9-10H,3-8H2,1-2H3. The Morgan fingerprint density at radius 1 is 1.32 bits per heavy atom. The molecule has 1 aromatic heterocycles. The Bertz CT molecular complexity index is 749. The third kappa shape index (κ3) is 2.77. The van der Waals surface area contributed by atoms with E-state index in [1.807, 2.05) is 26.0 Å². The molecule has 1 fully saturated rings. The molecule has 2 aromatic rings. The van der Waals surface area contributed by atoms with Crippen LogP contribution in [0.5, 0.6) is 0 Å². The number of aryl methyl sites for hydroxylation is 1. The molecule has 1 saturated heterocycles. The lowest BCUT2D eigenvalue weighted by atomic mass is 10.1. The van der Waals surface area contributed by atoms with Gasteiger partial charge in [0.25, 0.3) is 5.56 Å². The number of benzene rings is 1. The zero-order valence-corrected chi connectivity index (χ0v) is 14.5. The van der Waals surface area contributed by atoms with Gasteiger partial charge in [-0.15, -0.1) is 0 Å². The van der Waals surface area contributed by atoms with Crippen molar-refractivity contribution in [1.29, 1.82) is 0 Å². The molecule has 2 heterocycles. The van der Waals surface area contributed by atoms with E-state index < -0.39 is 0 Å². The summed E-state index contributed by atoms with van der Waals surface area (Å²) in [6.45, 7) is 7.65. The van der Waals surface area contributed by atoms with E-state index in [0.29, 0.717) is 18.5 Å². The molecule has 0 radical (unpaired) electrons. The van der Waals surface area contributed by atoms with Crippen molar-refractivity contribution in [2.24, 2.45) is 0 Å². The summed E-state index contributed by atoms with van der Waals surface area (Å²) in [4.78, 5) is 19.8. The molecule has 0 N–H and O–H groups in total. The first-order chi connectivity index (χ1) is 10.6. The van der Waals surface area contributed by atoms with Gasteiger partial charge < -0.3 is 9.64 Å². The average Bonchev–Trinajstić information content (AvgIpc) is 2.77.